The smallest absolute Gasteiger partial charge is 0.338 e. The predicted octanol–water partition coefficient (Wildman–Crippen LogP) is 2.24. The average Bonchev–Trinajstić information content (AvgIpc) is 3.38. The molecule has 0 bridgehead atoms. The molecule has 0 spiro atoms. The summed E-state index contributed by atoms with van der Waals surface area (Å²) >= 11 is 0. The van der Waals surface area contributed by atoms with Crippen LogP contribution in [0.3, 0.4) is 0 Å². The van der Waals surface area contributed by atoms with Crippen molar-refractivity contribution in [1.82, 2.24) is 24.2 Å². The lowest BCUT2D eigenvalue weighted by Gasteiger charge is -2.32. The Bertz CT molecular complexity index is 955. The van der Waals surface area contributed by atoms with E-state index in [1.807, 2.05) is 35.2 Å². The van der Waals surface area contributed by atoms with Crippen LogP contribution in [0.4, 0.5) is 0 Å². The van der Waals surface area contributed by atoms with Gasteiger partial charge in [-0.15, -0.1) is 0 Å². The van der Waals surface area contributed by atoms with E-state index < -0.39 is 5.97 Å². The SMILES string of the molecule is O=C(O)c1cnn(C2CCN(C(=O)c3cncn3-c3ccccc3)CC2)c1. The highest BCUT2D eigenvalue weighted by Crippen LogP contribution is 2.24. The van der Waals surface area contributed by atoms with Gasteiger partial charge in [0.25, 0.3) is 5.91 Å². The van der Waals surface area contributed by atoms with E-state index in [2.05, 4.69) is 10.1 Å². The maximum Gasteiger partial charge on any atom is 0.338 e. The van der Waals surface area contributed by atoms with E-state index in [9.17, 15) is 9.59 Å². The van der Waals surface area contributed by atoms with Crippen LogP contribution in [0.1, 0.15) is 39.7 Å². The number of benzene rings is 1. The zero-order chi connectivity index (χ0) is 18.8. The minimum atomic E-state index is -0.983. The van der Waals surface area contributed by atoms with E-state index in [4.69, 9.17) is 5.11 Å². The number of imidazole rings is 1. The average molecular weight is 365 g/mol. The molecule has 1 aliphatic rings. The lowest BCUT2D eigenvalue weighted by Crippen LogP contribution is -2.39. The molecule has 1 saturated heterocycles. The molecular formula is C19H19N5O3. The van der Waals surface area contributed by atoms with E-state index in [0.717, 1.165) is 18.5 Å². The van der Waals surface area contributed by atoms with Gasteiger partial charge in [-0.05, 0) is 25.0 Å². The number of rotatable bonds is 4. The molecule has 1 N–H and O–H groups in total. The minimum Gasteiger partial charge on any atom is -0.478 e. The second kappa shape index (κ2) is 7.06. The molecule has 1 amide bonds. The Morgan fingerprint density at radius 3 is 2.48 bits per heavy atom. The van der Waals surface area contributed by atoms with Crippen molar-refractivity contribution in [3.63, 3.8) is 0 Å². The molecule has 1 aromatic carbocycles. The highest BCUT2D eigenvalue weighted by atomic mass is 16.4. The van der Waals surface area contributed by atoms with E-state index in [1.165, 1.54) is 6.20 Å². The Morgan fingerprint density at radius 2 is 1.81 bits per heavy atom. The van der Waals surface area contributed by atoms with Gasteiger partial charge >= 0.3 is 5.97 Å². The second-order valence-corrected chi connectivity index (χ2v) is 6.52. The van der Waals surface area contributed by atoms with E-state index in [-0.39, 0.29) is 17.5 Å². The first-order chi connectivity index (χ1) is 13.1. The molecule has 0 radical (unpaired) electrons. The normalized spacial score (nSPS) is 15.0. The first-order valence-electron chi connectivity index (χ1n) is 8.78. The molecule has 3 aromatic rings. The number of para-hydroxylation sites is 1. The predicted molar refractivity (Wildman–Crippen MR) is 96.9 cm³/mol. The van der Waals surface area contributed by atoms with Gasteiger partial charge in [0.2, 0.25) is 0 Å². The molecule has 8 nitrogen and oxygen atoms in total. The van der Waals surface area contributed by atoms with Gasteiger partial charge in [-0.2, -0.15) is 5.10 Å². The van der Waals surface area contributed by atoms with E-state index in [0.29, 0.717) is 18.8 Å². The molecule has 0 unspecified atom stereocenters. The van der Waals surface area contributed by atoms with Crippen LogP contribution in [0.15, 0.2) is 55.2 Å². The summed E-state index contributed by atoms with van der Waals surface area (Å²) in [6.45, 7) is 1.18. The van der Waals surface area contributed by atoms with Gasteiger partial charge in [-0.3, -0.25) is 14.0 Å². The number of carbonyl (C=O) groups excluding carboxylic acids is 1. The van der Waals surface area contributed by atoms with Crippen LogP contribution in [-0.4, -0.2) is 54.3 Å². The van der Waals surface area contributed by atoms with Crippen molar-refractivity contribution in [3.05, 3.63) is 66.5 Å². The number of hydrogen-bond acceptors (Lipinski definition) is 4. The van der Waals surface area contributed by atoms with Crippen molar-refractivity contribution in [2.75, 3.05) is 13.1 Å². The molecule has 4 rings (SSSR count). The van der Waals surface area contributed by atoms with Crippen LogP contribution in [0.2, 0.25) is 0 Å². The lowest BCUT2D eigenvalue weighted by atomic mass is 10.0. The van der Waals surface area contributed by atoms with Gasteiger partial charge in [0.05, 0.1) is 30.3 Å². The maximum absolute atomic E-state index is 13.0. The van der Waals surface area contributed by atoms with Crippen LogP contribution in [0.5, 0.6) is 0 Å². The first-order valence-corrected chi connectivity index (χ1v) is 8.78. The third-order valence-electron chi connectivity index (χ3n) is 4.87. The van der Waals surface area contributed by atoms with Gasteiger partial charge in [-0.1, -0.05) is 18.2 Å². The molecule has 0 atom stereocenters. The summed E-state index contributed by atoms with van der Waals surface area (Å²) in [5.41, 5.74) is 1.61. The van der Waals surface area contributed by atoms with Crippen LogP contribution in [0.25, 0.3) is 5.69 Å². The summed E-state index contributed by atoms with van der Waals surface area (Å²) in [7, 11) is 0. The number of likely N-dealkylation sites (tertiary alicyclic amines) is 1. The van der Waals surface area contributed by atoms with Crippen molar-refractivity contribution in [1.29, 1.82) is 0 Å². The molecule has 0 aliphatic carbocycles. The van der Waals surface area contributed by atoms with Crippen LogP contribution in [0, 0.1) is 0 Å². The van der Waals surface area contributed by atoms with Gasteiger partial charge < -0.3 is 10.0 Å². The number of hydrogen-bond donors (Lipinski definition) is 1. The zero-order valence-corrected chi connectivity index (χ0v) is 14.6. The maximum atomic E-state index is 13.0. The molecule has 138 valence electrons. The molecule has 1 fully saturated rings. The van der Waals surface area contributed by atoms with Crippen LogP contribution < -0.4 is 0 Å². The number of carbonyl (C=O) groups is 2. The van der Waals surface area contributed by atoms with Gasteiger partial charge in [0.15, 0.2) is 0 Å². The number of aromatic nitrogens is 4. The summed E-state index contributed by atoms with van der Waals surface area (Å²) in [6.07, 6.45) is 7.60. The largest absolute Gasteiger partial charge is 0.478 e. The summed E-state index contributed by atoms with van der Waals surface area (Å²) in [6, 6.07) is 9.73. The molecule has 3 heterocycles. The van der Waals surface area contributed by atoms with Gasteiger partial charge in [-0.25, -0.2) is 9.78 Å². The Balaban J connectivity index is 1.45. The van der Waals surface area contributed by atoms with Gasteiger partial charge in [0.1, 0.15) is 5.69 Å². The Labute approximate surface area is 155 Å². The molecular weight excluding hydrogens is 346 g/mol. The number of piperidine rings is 1. The number of carboxylic acid groups (broad SMARTS) is 1. The summed E-state index contributed by atoms with van der Waals surface area (Å²) in [4.78, 5) is 29.9. The highest BCUT2D eigenvalue weighted by molar-refractivity contribution is 5.93. The van der Waals surface area contributed by atoms with Crippen molar-refractivity contribution in [2.45, 2.75) is 18.9 Å². The van der Waals surface area contributed by atoms with Gasteiger partial charge in [0, 0.05) is 25.0 Å². The summed E-state index contributed by atoms with van der Waals surface area (Å²) in [5.74, 6) is -1.04. The molecule has 8 heteroatoms. The standard InChI is InChI=1S/C19H19N5O3/c25-18(17-11-20-13-23(17)15-4-2-1-3-5-15)22-8-6-16(7-9-22)24-12-14(10-21-24)19(26)27/h1-5,10-13,16H,6-9H2,(H,26,27). The van der Waals surface area contributed by atoms with Crippen molar-refractivity contribution in [2.24, 2.45) is 0 Å². The van der Waals surface area contributed by atoms with Crippen LogP contribution in [-0.2, 0) is 0 Å². The van der Waals surface area contributed by atoms with Crippen molar-refractivity contribution < 1.29 is 14.7 Å². The molecule has 27 heavy (non-hydrogen) atoms. The van der Waals surface area contributed by atoms with E-state index in [1.54, 1.807) is 28.0 Å². The number of aromatic carboxylic acids is 1. The molecule has 2 aromatic heterocycles. The van der Waals surface area contributed by atoms with E-state index >= 15 is 0 Å². The number of nitrogens with zero attached hydrogens (tertiary/aromatic N) is 5. The Kier molecular flexibility index (Phi) is 4.45. The molecule has 0 saturated carbocycles. The summed E-state index contributed by atoms with van der Waals surface area (Å²) < 4.78 is 3.49. The quantitative estimate of drug-likeness (QED) is 0.765. The zero-order valence-electron chi connectivity index (χ0n) is 14.6. The third kappa shape index (κ3) is 3.33. The fourth-order valence-electron chi connectivity index (χ4n) is 3.39. The number of carboxylic acids is 1. The Hall–Kier alpha value is -3.42. The van der Waals surface area contributed by atoms with Crippen molar-refractivity contribution in [3.8, 4) is 5.69 Å². The first kappa shape index (κ1) is 17.0. The fraction of sp³-hybridized carbons (Fsp3) is 0.263. The molecule has 1 aliphatic heterocycles. The monoisotopic (exact) mass is 365 g/mol. The third-order valence-corrected chi connectivity index (χ3v) is 4.87. The number of amides is 1. The second-order valence-electron chi connectivity index (χ2n) is 6.52. The fourth-order valence-corrected chi connectivity index (χ4v) is 3.39. The van der Waals surface area contributed by atoms with Crippen LogP contribution >= 0.6 is 0 Å². The minimum absolute atomic E-state index is 0.0542. The lowest BCUT2D eigenvalue weighted by molar-refractivity contribution is 0.0681. The Morgan fingerprint density at radius 1 is 1.07 bits per heavy atom. The highest BCUT2D eigenvalue weighted by Gasteiger charge is 2.27. The topological polar surface area (TPSA) is 93.2 Å². The van der Waals surface area contributed by atoms with Crippen molar-refractivity contribution >= 4 is 11.9 Å². The summed E-state index contributed by atoms with van der Waals surface area (Å²) in [5, 5.41) is 13.2.